The number of benzene rings is 5. The van der Waals surface area contributed by atoms with Crippen LogP contribution in [0.1, 0.15) is 61.8 Å². The molecule has 0 unspecified atom stereocenters. The molecule has 0 saturated heterocycles. The number of hydrogen-bond donors (Lipinski definition) is 0. The maximum absolute atomic E-state index is 9.63. The molecule has 0 aliphatic carbocycles. The molecule has 0 radical (unpaired) electrons. The SMILES string of the molecule is CC(C)c1ccc(-c2ccc(Oc3cc(C#N)c(C#N)cc3Oc3ccc(-c4ccc(C(C)C)cc4)cc3)cc2)cc1. The fourth-order valence-electron chi connectivity index (χ4n) is 4.71. The summed E-state index contributed by atoms with van der Waals surface area (Å²) in [6.07, 6.45) is 0. The van der Waals surface area contributed by atoms with Crippen LogP contribution in [0.25, 0.3) is 22.3 Å². The van der Waals surface area contributed by atoms with Crippen LogP contribution in [-0.2, 0) is 0 Å². The number of nitrogens with zero attached hydrogens (tertiary/aromatic N) is 2. The lowest BCUT2D eigenvalue weighted by Crippen LogP contribution is -1.95. The zero-order valence-electron chi connectivity index (χ0n) is 24.3. The lowest BCUT2D eigenvalue weighted by molar-refractivity contribution is 0.418. The first-order valence-electron chi connectivity index (χ1n) is 14.1. The minimum atomic E-state index is 0.224. The molecule has 0 amide bonds. The molecule has 0 aromatic heterocycles. The van der Waals surface area contributed by atoms with Crippen molar-refractivity contribution >= 4 is 0 Å². The molecule has 206 valence electrons. The third kappa shape index (κ3) is 6.35. The van der Waals surface area contributed by atoms with Gasteiger partial charge in [0.15, 0.2) is 11.5 Å². The van der Waals surface area contributed by atoms with E-state index in [1.165, 1.54) is 11.1 Å². The molecule has 5 aromatic rings. The van der Waals surface area contributed by atoms with Crippen molar-refractivity contribution in [2.45, 2.75) is 39.5 Å². The molecule has 4 heteroatoms. The Labute approximate surface area is 248 Å². The van der Waals surface area contributed by atoms with Crippen molar-refractivity contribution in [2.24, 2.45) is 0 Å². The summed E-state index contributed by atoms with van der Waals surface area (Å²) in [5.74, 6) is 2.86. The fraction of sp³-hybridized carbons (Fsp3) is 0.158. The number of nitriles is 2. The van der Waals surface area contributed by atoms with E-state index in [4.69, 9.17) is 9.47 Å². The first-order valence-corrected chi connectivity index (χ1v) is 14.1. The van der Waals surface area contributed by atoms with Crippen LogP contribution in [-0.4, -0.2) is 0 Å². The average Bonchev–Trinajstić information content (AvgIpc) is 3.02. The summed E-state index contributed by atoms with van der Waals surface area (Å²) in [4.78, 5) is 0. The second-order valence-electron chi connectivity index (χ2n) is 10.9. The van der Waals surface area contributed by atoms with Crippen LogP contribution >= 0.6 is 0 Å². The lowest BCUT2D eigenvalue weighted by atomic mass is 9.99. The van der Waals surface area contributed by atoms with Crippen molar-refractivity contribution in [1.82, 2.24) is 0 Å². The molecule has 0 bridgehead atoms. The maximum Gasteiger partial charge on any atom is 0.171 e. The van der Waals surface area contributed by atoms with Gasteiger partial charge in [-0.05, 0) is 69.5 Å². The molecule has 4 nitrogen and oxygen atoms in total. The van der Waals surface area contributed by atoms with E-state index in [1.807, 2.05) is 48.5 Å². The van der Waals surface area contributed by atoms with Gasteiger partial charge in [-0.25, -0.2) is 0 Å². The Bertz CT molecular complexity index is 1620. The van der Waals surface area contributed by atoms with Crippen LogP contribution < -0.4 is 9.47 Å². The third-order valence-corrected chi connectivity index (χ3v) is 7.31. The van der Waals surface area contributed by atoms with Gasteiger partial charge in [-0.3, -0.25) is 0 Å². The Kier molecular flexibility index (Phi) is 8.37. The smallest absolute Gasteiger partial charge is 0.171 e. The number of rotatable bonds is 8. The number of hydrogen-bond acceptors (Lipinski definition) is 4. The van der Waals surface area contributed by atoms with Gasteiger partial charge in [0.1, 0.15) is 23.6 Å². The molecule has 5 aromatic carbocycles. The minimum absolute atomic E-state index is 0.224. The quantitative estimate of drug-likeness (QED) is 0.193. The van der Waals surface area contributed by atoms with E-state index in [-0.39, 0.29) is 11.1 Å². The Morgan fingerprint density at radius 3 is 1.00 bits per heavy atom. The van der Waals surface area contributed by atoms with Gasteiger partial charge in [0.25, 0.3) is 0 Å². The van der Waals surface area contributed by atoms with Gasteiger partial charge in [-0.1, -0.05) is 100 Å². The molecular weight excluding hydrogens is 516 g/mol. The third-order valence-electron chi connectivity index (χ3n) is 7.31. The van der Waals surface area contributed by atoms with E-state index < -0.39 is 0 Å². The molecular formula is C38H32N2O2. The van der Waals surface area contributed by atoms with Crippen LogP contribution in [0.3, 0.4) is 0 Å². The molecule has 0 spiro atoms. The molecule has 0 atom stereocenters. The van der Waals surface area contributed by atoms with Crippen molar-refractivity contribution in [3.63, 3.8) is 0 Å². The van der Waals surface area contributed by atoms with Crippen LogP contribution in [0, 0.1) is 22.7 Å². The Balaban J connectivity index is 1.38. The Hall–Kier alpha value is -5.32. The molecule has 0 aliphatic heterocycles. The van der Waals surface area contributed by atoms with Crippen molar-refractivity contribution in [1.29, 1.82) is 10.5 Å². The second kappa shape index (κ2) is 12.5. The summed E-state index contributed by atoms with van der Waals surface area (Å²) in [6.45, 7) is 8.73. The number of ether oxygens (including phenoxy) is 2. The van der Waals surface area contributed by atoms with Crippen LogP contribution in [0.15, 0.2) is 109 Å². The summed E-state index contributed by atoms with van der Waals surface area (Å²) < 4.78 is 12.4. The van der Waals surface area contributed by atoms with Crippen LogP contribution in [0.2, 0.25) is 0 Å². The highest BCUT2D eigenvalue weighted by molar-refractivity contribution is 5.66. The van der Waals surface area contributed by atoms with Crippen molar-refractivity contribution in [2.75, 3.05) is 0 Å². The van der Waals surface area contributed by atoms with E-state index in [9.17, 15) is 10.5 Å². The molecule has 0 saturated carbocycles. The van der Waals surface area contributed by atoms with Gasteiger partial charge in [0.2, 0.25) is 0 Å². The zero-order chi connectivity index (χ0) is 29.6. The van der Waals surface area contributed by atoms with Crippen LogP contribution in [0.5, 0.6) is 23.0 Å². The normalized spacial score (nSPS) is 10.8. The predicted molar refractivity (Wildman–Crippen MR) is 168 cm³/mol. The molecule has 42 heavy (non-hydrogen) atoms. The van der Waals surface area contributed by atoms with E-state index in [2.05, 4.69) is 88.4 Å². The summed E-state index contributed by atoms with van der Waals surface area (Å²) in [6, 6.07) is 40.0. The summed E-state index contributed by atoms with van der Waals surface area (Å²) in [7, 11) is 0. The highest BCUT2D eigenvalue weighted by Crippen LogP contribution is 2.38. The van der Waals surface area contributed by atoms with Crippen LogP contribution in [0.4, 0.5) is 0 Å². The van der Waals surface area contributed by atoms with Gasteiger partial charge < -0.3 is 9.47 Å². The highest BCUT2D eigenvalue weighted by Gasteiger charge is 2.15. The van der Waals surface area contributed by atoms with E-state index in [0.29, 0.717) is 34.8 Å². The molecule has 0 aliphatic rings. The average molecular weight is 549 g/mol. The van der Waals surface area contributed by atoms with Crippen molar-refractivity contribution in [3.05, 3.63) is 131 Å². The molecule has 0 heterocycles. The largest absolute Gasteiger partial charge is 0.453 e. The molecule has 0 N–H and O–H groups in total. The van der Waals surface area contributed by atoms with E-state index in [1.54, 1.807) is 12.1 Å². The predicted octanol–water partition coefficient (Wildman–Crippen LogP) is 10.6. The monoisotopic (exact) mass is 548 g/mol. The van der Waals surface area contributed by atoms with Gasteiger partial charge in [-0.15, -0.1) is 0 Å². The fourth-order valence-corrected chi connectivity index (χ4v) is 4.71. The Morgan fingerprint density at radius 1 is 0.452 bits per heavy atom. The Morgan fingerprint density at radius 2 is 0.738 bits per heavy atom. The minimum Gasteiger partial charge on any atom is -0.453 e. The summed E-state index contributed by atoms with van der Waals surface area (Å²) >= 11 is 0. The van der Waals surface area contributed by atoms with Crippen molar-refractivity contribution in [3.8, 4) is 57.4 Å². The van der Waals surface area contributed by atoms with Gasteiger partial charge in [0.05, 0.1) is 11.1 Å². The van der Waals surface area contributed by atoms with Crippen molar-refractivity contribution < 1.29 is 9.47 Å². The first-order chi connectivity index (χ1) is 20.3. The zero-order valence-corrected chi connectivity index (χ0v) is 24.3. The molecule has 5 rings (SSSR count). The van der Waals surface area contributed by atoms with Gasteiger partial charge in [-0.2, -0.15) is 10.5 Å². The van der Waals surface area contributed by atoms with E-state index in [0.717, 1.165) is 22.3 Å². The summed E-state index contributed by atoms with van der Waals surface area (Å²) in [5, 5.41) is 19.3. The maximum atomic E-state index is 9.63. The van der Waals surface area contributed by atoms with Gasteiger partial charge in [0, 0.05) is 12.1 Å². The standard InChI is InChI=1S/C38H32N2O2/c1-25(2)27-5-9-29(10-6-27)31-13-17-35(18-14-31)41-37-21-33(23-39)34(24-40)22-38(37)42-36-19-15-32(16-20-36)30-11-7-28(8-12-30)26(3)4/h5-22,25-26H,1-4H3. The first kappa shape index (κ1) is 28.2. The highest BCUT2D eigenvalue weighted by atomic mass is 16.5. The molecule has 0 fully saturated rings. The second-order valence-corrected chi connectivity index (χ2v) is 10.9. The topological polar surface area (TPSA) is 66.0 Å². The summed E-state index contributed by atoms with van der Waals surface area (Å²) in [5.41, 5.74) is 7.45. The van der Waals surface area contributed by atoms with E-state index >= 15 is 0 Å². The van der Waals surface area contributed by atoms with Gasteiger partial charge >= 0.3 is 0 Å². The lowest BCUT2D eigenvalue weighted by Gasteiger charge is -2.14.